The molecule has 1 fully saturated rings. The summed E-state index contributed by atoms with van der Waals surface area (Å²) in [4.78, 5) is 42.2. The largest absolute Gasteiger partial charge is 0.383 e. The topological polar surface area (TPSA) is 101 Å². The second-order valence-electron chi connectivity index (χ2n) is 7.81. The van der Waals surface area contributed by atoms with Crippen molar-refractivity contribution < 1.29 is 4.79 Å². The zero-order chi connectivity index (χ0) is 21.8. The molecule has 3 rings (SSSR count). The molecule has 1 saturated carbocycles. The van der Waals surface area contributed by atoms with Gasteiger partial charge in [-0.05, 0) is 36.8 Å². The minimum atomic E-state index is -0.621. The Morgan fingerprint density at radius 1 is 1.23 bits per heavy atom. The van der Waals surface area contributed by atoms with Crippen LogP contribution in [0.15, 0.2) is 33.9 Å². The SMILES string of the molecule is CCCCN(C(=O)C1CC1c1ccccc1Cl)c1c(N)n(CCCC)c(=O)[nH]c1=O. The molecule has 7 nitrogen and oxygen atoms in total. The number of amides is 1. The molecule has 1 amide bonds. The van der Waals surface area contributed by atoms with E-state index in [0.717, 1.165) is 31.2 Å². The van der Waals surface area contributed by atoms with Gasteiger partial charge in [0.05, 0.1) is 0 Å². The number of H-pyrrole nitrogens is 1. The fourth-order valence-electron chi connectivity index (χ4n) is 3.81. The predicted molar refractivity (Wildman–Crippen MR) is 120 cm³/mol. The molecule has 1 aromatic heterocycles. The number of nitrogens with one attached hydrogen (secondary N) is 1. The van der Waals surface area contributed by atoms with Crippen molar-refractivity contribution in [2.75, 3.05) is 17.2 Å². The van der Waals surface area contributed by atoms with Crippen LogP contribution in [0.25, 0.3) is 0 Å². The van der Waals surface area contributed by atoms with Gasteiger partial charge in [0.2, 0.25) is 5.91 Å². The fourth-order valence-corrected chi connectivity index (χ4v) is 4.09. The molecule has 2 unspecified atom stereocenters. The molecule has 2 aromatic rings. The number of hydrogen-bond acceptors (Lipinski definition) is 4. The average Bonchev–Trinajstić information content (AvgIpc) is 3.50. The van der Waals surface area contributed by atoms with Gasteiger partial charge in [-0.15, -0.1) is 0 Å². The van der Waals surface area contributed by atoms with Crippen molar-refractivity contribution in [3.8, 4) is 0 Å². The van der Waals surface area contributed by atoms with Crippen LogP contribution in [0, 0.1) is 5.92 Å². The summed E-state index contributed by atoms with van der Waals surface area (Å²) in [5.41, 5.74) is 6.12. The Labute approximate surface area is 180 Å². The second kappa shape index (κ2) is 9.51. The molecule has 0 bridgehead atoms. The normalized spacial score (nSPS) is 17.7. The molecule has 0 radical (unpaired) electrons. The Morgan fingerprint density at radius 3 is 2.60 bits per heavy atom. The van der Waals surface area contributed by atoms with E-state index in [-0.39, 0.29) is 29.2 Å². The van der Waals surface area contributed by atoms with Crippen LogP contribution in [-0.2, 0) is 11.3 Å². The monoisotopic (exact) mass is 432 g/mol. The van der Waals surface area contributed by atoms with Crippen molar-refractivity contribution in [3.05, 3.63) is 55.7 Å². The van der Waals surface area contributed by atoms with Gasteiger partial charge in [-0.3, -0.25) is 19.1 Å². The van der Waals surface area contributed by atoms with Crippen LogP contribution in [0.4, 0.5) is 11.5 Å². The minimum absolute atomic E-state index is 0.0293. The average molecular weight is 433 g/mol. The molecule has 1 aliphatic rings. The summed E-state index contributed by atoms with van der Waals surface area (Å²) >= 11 is 6.31. The highest BCUT2D eigenvalue weighted by Gasteiger charge is 2.47. The number of carbonyl (C=O) groups excluding carboxylic acids is 1. The molecule has 1 heterocycles. The lowest BCUT2D eigenvalue weighted by Crippen LogP contribution is -2.42. The zero-order valence-corrected chi connectivity index (χ0v) is 18.2. The van der Waals surface area contributed by atoms with Crippen LogP contribution in [0.1, 0.15) is 57.4 Å². The maximum Gasteiger partial charge on any atom is 0.330 e. The van der Waals surface area contributed by atoms with E-state index in [2.05, 4.69) is 4.98 Å². The predicted octanol–water partition coefficient (Wildman–Crippen LogP) is 3.51. The first-order chi connectivity index (χ1) is 14.4. The lowest BCUT2D eigenvalue weighted by molar-refractivity contribution is -0.119. The number of anilines is 2. The third-order valence-corrected chi connectivity index (χ3v) is 5.98. The van der Waals surface area contributed by atoms with E-state index in [4.69, 9.17) is 17.3 Å². The van der Waals surface area contributed by atoms with Crippen molar-refractivity contribution in [3.63, 3.8) is 0 Å². The van der Waals surface area contributed by atoms with Gasteiger partial charge in [-0.25, -0.2) is 4.79 Å². The smallest absolute Gasteiger partial charge is 0.330 e. The van der Waals surface area contributed by atoms with E-state index in [1.807, 2.05) is 38.1 Å². The summed E-state index contributed by atoms with van der Waals surface area (Å²) in [6.45, 7) is 4.79. The summed E-state index contributed by atoms with van der Waals surface area (Å²) in [5.74, 6) is -0.318. The third kappa shape index (κ3) is 4.46. The fraction of sp³-hybridized carbons (Fsp3) is 0.500. The maximum absolute atomic E-state index is 13.4. The molecular formula is C22H29ClN4O3. The highest BCUT2D eigenvalue weighted by Crippen LogP contribution is 2.50. The standard InChI is InChI=1S/C22H29ClN4O3/c1-3-5-11-26(18-19(24)27(12-6-4-2)22(30)25-20(18)28)21(29)16-13-15(16)14-9-7-8-10-17(14)23/h7-10,15-16H,3-6,11-13,24H2,1-2H3,(H,25,28,30). The maximum atomic E-state index is 13.4. The van der Waals surface area contributed by atoms with Gasteiger partial charge >= 0.3 is 5.69 Å². The number of rotatable bonds is 9. The van der Waals surface area contributed by atoms with Crippen LogP contribution in [0.5, 0.6) is 0 Å². The molecule has 0 saturated heterocycles. The number of aromatic nitrogens is 2. The summed E-state index contributed by atoms with van der Waals surface area (Å²) in [6, 6.07) is 7.52. The first-order valence-electron chi connectivity index (χ1n) is 10.6. The number of carbonyl (C=O) groups is 1. The number of nitrogens with zero attached hydrogens (tertiary/aromatic N) is 2. The Morgan fingerprint density at radius 2 is 1.93 bits per heavy atom. The summed E-state index contributed by atoms with van der Waals surface area (Å²) in [7, 11) is 0. The van der Waals surface area contributed by atoms with Crippen LogP contribution >= 0.6 is 11.6 Å². The molecule has 0 aliphatic heterocycles. The lowest BCUT2D eigenvalue weighted by atomic mass is 10.1. The molecule has 0 spiro atoms. The molecule has 30 heavy (non-hydrogen) atoms. The van der Waals surface area contributed by atoms with Gasteiger partial charge in [0.25, 0.3) is 5.56 Å². The van der Waals surface area contributed by atoms with Gasteiger partial charge in [0.1, 0.15) is 5.82 Å². The molecule has 162 valence electrons. The van der Waals surface area contributed by atoms with Gasteiger partial charge in [-0.2, -0.15) is 0 Å². The number of hydrogen-bond donors (Lipinski definition) is 2. The quantitative estimate of drug-likeness (QED) is 0.633. The van der Waals surface area contributed by atoms with Crippen LogP contribution in [-0.4, -0.2) is 22.0 Å². The van der Waals surface area contributed by atoms with E-state index >= 15 is 0 Å². The molecule has 8 heteroatoms. The number of nitrogens with two attached hydrogens (primary N) is 1. The summed E-state index contributed by atoms with van der Waals surface area (Å²) in [6.07, 6.45) is 3.88. The van der Waals surface area contributed by atoms with Gasteiger partial charge in [0, 0.05) is 24.0 Å². The van der Waals surface area contributed by atoms with Crippen LogP contribution < -0.4 is 21.9 Å². The Balaban J connectivity index is 1.95. The Bertz CT molecular complexity index is 1030. The molecule has 1 aliphatic carbocycles. The Kier molecular flexibility index (Phi) is 7.02. The second-order valence-corrected chi connectivity index (χ2v) is 8.22. The van der Waals surface area contributed by atoms with E-state index in [1.54, 1.807) is 0 Å². The third-order valence-electron chi connectivity index (χ3n) is 5.63. The Hall–Kier alpha value is -2.54. The van der Waals surface area contributed by atoms with Crippen molar-refractivity contribution in [1.29, 1.82) is 0 Å². The summed E-state index contributed by atoms with van der Waals surface area (Å²) < 4.78 is 1.35. The van der Waals surface area contributed by atoms with Crippen LogP contribution in [0.2, 0.25) is 5.02 Å². The summed E-state index contributed by atoms with van der Waals surface area (Å²) in [5, 5.41) is 0.642. The lowest BCUT2D eigenvalue weighted by Gasteiger charge is -2.25. The number of halogens is 1. The van der Waals surface area contributed by atoms with E-state index < -0.39 is 11.2 Å². The number of unbranched alkanes of at least 4 members (excludes halogenated alkanes) is 2. The van der Waals surface area contributed by atoms with Crippen molar-refractivity contribution in [2.24, 2.45) is 5.92 Å². The van der Waals surface area contributed by atoms with Gasteiger partial charge < -0.3 is 10.6 Å². The van der Waals surface area contributed by atoms with Gasteiger partial charge in [-0.1, -0.05) is 56.5 Å². The number of nitrogen functional groups attached to an aromatic ring is 1. The van der Waals surface area contributed by atoms with Gasteiger partial charge in [0.15, 0.2) is 5.69 Å². The molecule has 2 atom stereocenters. The molecule has 3 N–H and O–H groups in total. The minimum Gasteiger partial charge on any atom is -0.383 e. The first-order valence-corrected chi connectivity index (χ1v) is 11.0. The van der Waals surface area contributed by atoms with E-state index in [1.165, 1.54) is 9.47 Å². The number of aromatic amines is 1. The first kappa shape index (κ1) is 22.2. The molecular weight excluding hydrogens is 404 g/mol. The van der Waals surface area contributed by atoms with Crippen LogP contribution in [0.3, 0.4) is 0 Å². The highest BCUT2D eigenvalue weighted by molar-refractivity contribution is 6.31. The van der Waals surface area contributed by atoms with Crippen molar-refractivity contribution in [1.82, 2.24) is 9.55 Å². The van der Waals surface area contributed by atoms with E-state index in [0.29, 0.717) is 24.5 Å². The number of benzene rings is 1. The van der Waals surface area contributed by atoms with Crippen molar-refractivity contribution >= 4 is 29.0 Å². The zero-order valence-electron chi connectivity index (χ0n) is 17.5. The van der Waals surface area contributed by atoms with Crippen molar-refractivity contribution in [2.45, 2.75) is 58.4 Å². The van der Waals surface area contributed by atoms with E-state index in [9.17, 15) is 14.4 Å². The molecule has 1 aromatic carbocycles. The highest BCUT2D eigenvalue weighted by atomic mass is 35.5.